The normalized spacial score (nSPS) is 9.35. The molecule has 1 rings (SSSR count). The average molecular weight is 383 g/mol. The first-order valence-corrected chi connectivity index (χ1v) is 7.16. The molecule has 0 radical (unpaired) electrons. The van der Waals surface area contributed by atoms with Crippen LogP contribution in [0.3, 0.4) is 0 Å². The lowest BCUT2D eigenvalue weighted by Crippen LogP contribution is -2.36. The molecule has 6 heteroatoms. The molecule has 0 N–H and O–H groups in total. The van der Waals surface area contributed by atoms with E-state index in [0.29, 0.717) is 18.8 Å². The predicted octanol–water partition coefficient (Wildman–Crippen LogP) is 2.33. The number of benzene rings is 1. The van der Waals surface area contributed by atoms with Crippen molar-refractivity contribution in [2.45, 2.75) is 12.8 Å². The van der Waals surface area contributed by atoms with Crippen molar-refractivity contribution in [3.8, 4) is 17.9 Å². The van der Waals surface area contributed by atoms with Crippen LogP contribution >= 0.6 is 22.6 Å². The summed E-state index contributed by atoms with van der Waals surface area (Å²) >= 11 is 2.13. The molecule has 0 atom stereocenters. The molecule has 0 unspecified atom stereocenters. The van der Waals surface area contributed by atoms with Gasteiger partial charge in [0.2, 0.25) is 0 Å². The number of rotatable bonds is 7. The van der Waals surface area contributed by atoms with Crippen LogP contribution in [0.2, 0.25) is 0 Å². The largest absolute Gasteiger partial charge is 0.483 e. The second kappa shape index (κ2) is 9.16. The minimum Gasteiger partial charge on any atom is -0.483 e. The summed E-state index contributed by atoms with van der Waals surface area (Å²) in [5.74, 6) is 0.442. The highest BCUT2D eigenvalue weighted by Gasteiger charge is 2.14. The minimum absolute atomic E-state index is 0.0864. The van der Waals surface area contributed by atoms with Crippen molar-refractivity contribution in [2.24, 2.45) is 0 Å². The molecule has 0 aliphatic heterocycles. The maximum absolute atomic E-state index is 12.0. The van der Waals surface area contributed by atoms with Gasteiger partial charge in [0.15, 0.2) is 6.61 Å². The summed E-state index contributed by atoms with van der Waals surface area (Å²) < 4.78 is 6.40. The molecule has 1 aromatic carbocycles. The van der Waals surface area contributed by atoms with Crippen molar-refractivity contribution in [2.75, 3.05) is 19.7 Å². The molecule has 104 valence electrons. The third-order valence-corrected chi connectivity index (χ3v) is 3.42. The Bertz CT molecular complexity index is 516. The van der Waals surface area contributed by atoms with E-state index >= 15 is 0 Å². The van der Waals surface area contributed by atoms with Gasteiger partial charge in [-0.1, -0.05) is 12.1 Å². The van der Waals surface area contributed by atoms with Crippen LogP contribution in [0.1, 0.15) is 12.8 Å². The van der Waals surface area contributed by atoms with Crippen LogP contribution in [0.25, 0.3) is 0 Å². The molecule has 1 amide bonds. The number of para-hydroxylation sites is 1. The first kappa shape index (κ1) is 16.3. The van der Waals surface area contributed by atoms with Crippen LogP contribution in [0.15, 0.2) is 24.3 Å². The van der Waals surface area contributed by atoms with E-state index in [1.54, 1.807) is 6.07 Å². The van der Waals surface area contributed by atoms with Crippen LogP contribution in [0.4, 0.5) is 0 Å². The molecule has 0 saturated carbocycles. The van der Waals surface area contributed by atoms with E-state index in [0.717, 1.165) is 3.57 Å². The van der Waals surface area contributed by atoms with E-state index in [-0.39, 0.29) is 25.4 Å². The summed E-state index contributed by atoms with van der Waals surface area (Å²) in [7, 11) is 0. The van der Waals surface area contributed by atoms with E-state index in [4.69, 9.17) is 15.3 Å². The van der Waals surface area contributed by atoms with E-state index < -0.39 is 0 Å². The number of ether oxygens (including phenoxy) is 1. The molecule has 0 aliphatic carbocycles. The summed E-state index contributed by atoms with van der Waals surface area (Å²) in [5.41, 5.74) is 0. The first-order valence-electron chi connectivity index (χ1n) is 6.08. The third kappa shape index (κ3) is 5.45. The van der Waals surface area contributed by atoms with Gasteiger partial charge in [0.25, 0.3) is 5.91 Å². The zero-order chi connectivity index (χ0) is 14.8. The minimum atomic E-state index is -0.213. The standard InChI is InChI=1S/C14H14IN3O2/c15-12-5-1-2-6-13(12)20-11-14(19)18(9-3-7-16)10-4-8-17/h1-2,5-6H,3-4,9-11H2. The van der Waals surface area contributed by atoms with Crippen molar-refractivity contribution >= 4 is 28.5 Å². The zero-order valence-electron chi connectivity index (χ0n) is 10.9. The van der Waals surface area contributed by atoms with Gasteiger partial charge in [-0.05, 0) is 34.7 Å². The van der Waals surface area contributed by atoms with Gasteiger partial charge in [-0.25, -0.2) is 0 Å². The fourth-order valence-corrected chi connectivity index (χ4v) is 2.07. The molecule has 0 heterocycles. The van der Waals surface area contributed by atoms with Gasteiger partial charge in [0.05, 0.1) is 28.6 Å². The SMILES string of the molecule is N#CCCN(CCC#N)C(=O)COc1ccccc1I. The first-order chi connectivity index (χ1) is 9.69. The van der Waals surface area contributed by atoms with Crippen LogP contribution < -0.4 is 4.74 Å². The topological polar surface area (TPSA) is 77.1 Å². The Morgan fingerprint density at radius 1 is 1.20 bits per heavy atom. The van der Waals surface area contributed by atoms with Gasteiger partial charge < -0.3 is 9.64 Å². The molecule has 0 bridgehead atoms. The third-order valence-electron chi connectivity index (χ3n) is 2.53. The number of carbonyl (C=O) groups excluding carboxylic acids is 1. The highest BCUT2D eigenvalue weighted by atomic mass is 127. The maximum Gasteiger partial charge on any atom is 0.260 e. The van der Waals surface area contributed by atoms with Gasteiger partial charge in [-0.2, -0.15) is 10.5 Å². The zero-order valence-corrected chi connectivity index (χ0v) is 13.0. The molecule has 20 heavy (non-hydrogen) atoms. The van der Waals surface area contributed by atoms with E-state index in [9.17, 15) is 4.79 Å². The number of nitrogens with zero attached hydrogens (tertiary/aromatic N) is 3. The highest BCUT2D eigenvalue weighted by Crippen LogP contribution is 2.19. The molecule has 0 aliphatic rings. The fourth-order valence-electron chi connectivity index (χ4n) is 1.52. The predicted molar refractivity (Wildman–Crippen MR) is 81.7 cm³/mol. The van der Waals surface area contributed by atoms with Crippen LogP contribution in [-0.4, -0.2) is 30.5 Å². The summed E-state index contributed by atoms with van der Waals surface area (Å²) in [6.07, 6.45) is 0.500. The molecular formula is C14H14IN3O2. The van der Waals surface area contributed by atoms with E-state index in [2.05, 4.69) is 22.6 Å². The van der Waals surface area contributed by atoms with Crippen molar-refractivity contribution in [1.29, 1.82) is 10.5 Å². The van der Waals surface area contributed by atoms with Crippen molar-refractivity contribution in [3.05, 3.63) is 27.8 Å². The van der Waals surface area contributed by atoms with Crippen molar-refractivity contribution in [1.82, 2.24) is 4.90 Å². The maximum atomic E-state index is 12.0. The van der Waals surface area contributed by atoms with Crippen LogP contribution in [0, 0.1) is 26.2 Å². The van der Waals surface area contributed by atoms with Gasteiger partial charge in [0, 0.05) is 13.1 Å². The quantitative estimate of drug-likeness (QED) is 0.678. The number of hydrogen-bond acceptors (Lipinski definition) is 4. The summed E-state index contributed by atoms with van der Waals surface area (Å²) in [6, 6.07) is 11.4. The Balaban J connectivity index is 2.55. The number of halogens is 1. The Morgan fingerprint density at radius 2 is 1.80 bits per heavy atom. The molecule has 0 spiro atoms. The smallest absolute Gasteiger partial charge is 0.260 e. The van der Waals surface area contributed by atoms with Gasteiger partial charge in [0.1, 0.15) is 5.75 Å². The highest BCUT2D eigenvalue weighted by molar-refractivity contribution is 14.1. The van der Waals surface area contributed by atoms with Crippen molar-refractivity contribution < 1.29 is 9.53 Å². The number of hydrogen-bond donors (Lipinski definition) is 0. The summed E-state index contributed by atoms with van der Waals surface area (Å²) in [5, 5.41) is 17.2. The molecule has 5 nitrogen and oxygen atoms in total. The Kier molecular flexibility index (Phi) is 7.44. The monoisotopic (exact) mass is 383 g/mol. The van der Waals surface area contributed by atoms with E-state index in [1.807, 2.05) is 30.3 Å². The average Bonchev–Trinajstić information content (AvgIpc) is 2.46. The molecule has 0 fully saturated rings. The van der Waals surface area contributed by atoms with Crippen LogP contribution in [-0.2, 0) is 4.79 Å². The summed E-state index contributed by atoms with van der Waals surface area (Å²) in [6.45, 7) is 0.565. The van der Waals surface area contributed by atoms with Gasteiger partial charge in [-0.15, -0.1) is 0 Å². The van der Waals surface area contributed by atoms with Crippen LogP contribution in [0.5, 0.6) is 5.75 Å². The van der Waals surface area contributed by atoms with Crippen molar-refractivity contribution in [3.63, 3.8) is 0 Å². The second-order valence-electron chi connectivity index (χ2n) is 3.92. The van der Waals surface area contributed by atoms with Gasteiger partial charge >= 0.3 is 0 Å². The Hall–Kier alpha value is -1.80. The molecule has 0 aromatic heterocycles. The van der Waals surface area contributed by atoms with Gasteiger partial charge in [-0.3, -0.25) is 4.79 Å². The number of carbonyl (C=O) groups is 1. The number of amides is 1. The lowest BCUT2D eigenvalue weighted by molar-refractivity contribution is -0.133. The Morgan fingerprint density at radius 3 is 2.35 bits per heavy atom. The summed E-state index contributed by atoms with van der Waals surface area (Å²) in [4.78, 5) is 13.5. The fraction of sp³-hybridized carbons (Fsp3) is 0.357. The lowest BCUT2D eigenvalue weighted by Gasteiger charge is -2.20. The second-order valence-corrected chi connectivity index (χ2v) is 5.08. The number of nitriles is 2. The molecule has 0 saturated heterocycles. The lowest BCUT2D eigenvalue weighted by atomic mass is 10.3. The Labute approximate surface area is 131 Å². The molecule has 1 aromatic rings. The molecular weight excluding hydrogens is 369 g/mol. The van der Waals surface area contributed by atoms with E-state index in [1.165, 1.54) is 4.90 Å².